The molecule has 0 saturated carbocycles. The second-order valence-corrected chi connectivity index (χ2v) is 13.5. The summed E-state index contributed by atoms with van der Waals surface area (Å²) in [5.41, 5.74) is 9.42. The minimum Gasteiger partial charge on any atom is -0.456 e. The molecule has 0 spiro atoms. The van der Waals surface area contributed by atoms with Gasteiger partial charge in [-0.3, -0.25) is 0 Å². The summed E-state index contributed by atoms with van der Waals surface area (Å²) in [6.07, 6.45) is 14.0. The molecule has 1 unspecified atom stereocenters. The first kappa shape index (κ1) is 28.9. The number of rotatable bonds is 4. The average molecular weight is 668 g/mol. The van der Waals surface area contributed by atoms with Crippen LogP contribution >= 0.6 is 0 Å². The van der Waals surface area contributed by atoms with Crippen LogP contribution in [0.2, 0.25) is 0 Å². The van der Waals surface area contributed by atoms with Crippen molar-refractivity contribution >= 4 is 60.2 Å². The molecule has 244 valence electrons. The fourth-order valence-corrected chi connectivity index (χ4v) is 7.90. The molecule has 0 amide bonds. The van der Waals surface area contributed by atoms with Crippen LogP contribution in [0.25, 0.3) is 94.1 Å². The highest BCUT2D eigenvalue weighted by molar-refractivity contribution is 6.14. The lowest BCUT2D eigenvalue weighted by atomic mass is 9.85. The van der Waals surface area contributed by atoms with E-state index >= 15 is 0 Å². The van der Waals surface area contributed by atoms with Crippen LogP contribution in [0.1, 0.15) is 12.2 Å². The summed E-state index contributed by atoms with van der Waals surface area (Å²) >= 11 is 0. The molecule has 2 aliphatic carbocycles. The van der Waals surface area contributed by atoms with Gasteiger partial charge >= 0.3 is 0 Å². The van der Waals surface area contributed by atoms with Crippen molar-refractivity contribution in [2.75, 3.05) is 0 Å². The molecule has 52 heavy (non-hydrogen) atoms. The van der Waals surface area contributed by atoms with Crippen LogP contribution in [0.4, 0.5) is 0 Å². The van der Waals surface area contributed by atoms with Crippen molar-refractivity contribution in [1.82, 2.24) is 15.0 Å². The van der Waals surface area contributed by atoms with Crippen molar-refractivity contribution in [2.45, 2.75) is 6.42 Å². The zero-order valence-corrected chi connectivity index (χ0v) is 28.0. The van der Waals surface area contributed by atoms with E-state index in [4.69, 9.17) is 23.8 Å². The third-order valence-corrected chi connectivity index (χ3v) is 10.4. The maximum atomic E-state index is 6.56. The predicted molar refractivity (Wildman–Crippen MR) is 211 cm³/mol. The Bertz CT molecular complexity index is 3060. The molecule has 0 bridgehead atoms. The van der Waals surface area contributed by atoms with Gasteiger partial charge in [-0.1, -0.05) is 115 Å². The Morgan fingerprint density at radius 2 is 1.23 bits per heavy atom. The number of allylic oxidation sites excluding steroid dienone is 8. The number of fused-ring (bicyclic) bond motifs is 8. The summed E-state index contributed by atoms with van der Waals surface area (Å²) in [5.74, 6) is 2.17. The highest BCUT2D eigenvalue weighted by Crippen LogP contribution is 2.42. The summed E-state index contributed by atoms with van der Waals surface area (Å²) in [4.78, 5) is 15.7. The largest absolute Gasteiger partial charge is 0.456 e. The van der Waals surface area contributed by atoms with E-state index in [1.807, 2.05) is 42.5 Å². The van der Waals surface area contributed by atoms with Crippen LogP contribution in [0.3, 0.4) is 0 Å². The van der Waals surface area contributed by atoms with E-state index in [2.05, 4.69) is 115 Å². The van der Waals surface area contributed by atoms with Gasteiger partial charge in [0.05, 0.1) is 0 Å². The summed E-state index contributed by atoms with van der Waals surface area (Å²) in [7, 11) is 0. The number of aromatic nitrogens is 3. The molecule has 3 aromatic heterocycles. The molecule has 2 aliphatic rings. The lowest BCUT2D eigenvalue weighted by Crippen LogP contribution is -2.08. The van der Waals surface area contributed by atoms with Crippen LogP contribution in [0, 0.1) is 5.92 Å². The van der Waals surface area contributed by atoms with E-state index in [1.165, 1.54) is 16.3 Å². The lowest BCUT2D eigenvalue weighted by molar-refractivity contribution is 0.668. The van der Waals surface area contributed by atoms with Gasteiger partial charge in [-0.25, -0.2) is 15.0 Å². The molecule has 0 fully saturated rings. The molecule has 0 N–H and O–H groups in total. The van der Waals surface area contributed by atoms with Gasteiger partial charge in [-0.05, 0) is 76.4 Å². The molecule has 1 atom stereocenters. The molecule has 5 heteroatoms. The van der Waals surface area contributed by atoms with Gasteiger partial charge in [0.25, 0.3) is 0 Å². The molecule has 0 aliphatic heterocycles. The first-order valence-electron chi connectivity index (χ1n) is 17.6. The van der Waals surface area contributed by atoms with Gasteiger partial charge in [0.15, 0.2) is 17.5 Å². The van der Waals surface area contributed by atoms with Crippen molar-refractivity contribution in [1.29, 1.82) is 0 Å². The maximum Gasteiger partial charge on any atom is 0.164 e. The standard InChI is InChI=1S/C47H29N3O2/c1-3-12-30-24-32(22-20-28(30)10-1)38-26-34(27-42-44(38)36-15-6-8-18-40(36)52-42)46-48-45(33-23-21-29-11-2-4-13-31(29)25-33)49-47(50-46)37-16-9-19-41-43(37)35-14-5-7-17-39(35)51-41/h1-20,22-27,29H,21H2. The van der Waals surface area contributed by atoms with E-state index in [1.54, 1.807) is 0 Å². The first-order valence-corrected chi connectivity index (χ1v) is 17.6. The van der Waals surface area contributed by atoms with E-state index in [-0.39, 0.29) is 0 Å². The van der Waals surface area contributed by atoms with Crippen molar-refractivity contribution in [2.24, 2.45) is 5.92 Å². The van der Waals surface area contributed by atoms with Crippen molar-refractivity contribution in [3.8, 4) is 33.9 Å². The van der Waals surface area contributed by atoms with Crippen LogP contribution in [-0.2, 0) is 0 Å². The van der Waals surface area contributed by atoms with E-state index < -0.39 is 0 Å². The highest BCUT2D eigenvalue weighted by Gasteiger charge is 2.23. The molecular weight excluding hydrogens is 639 g/mol. The zero-order valence-electron chi connectivity index (χ0n) is 28.0. The van der Waals surface area contributed by atoms with Crippen molar-refractivity contribution in [3.63, 3.8) is 0 Å². The highest BCUT2D eigenvalue weighted by atomic mass is 16.3. The van der Waals surface area contributed by atoms with Crippen molar-refractivity contribution < 1.29 is 8.83 Å². The van der Waals surface area contributed by atoms with E-state index in [0.717, 1.165) is 78.1 Å². The molecule has 5 nitrogen and oxygen atoms in total. The average Bonchev–Trinajstić information content (AvgIpc) is 3.78. The molecule has 11 rings (SSSR count). The van der Waals surface area contributed by atoms with Crippen LogP contribution in [0.15, 0.2) is 172 Å². The fourth-order valence-electron chi connectivity index (χ4n) is 7.90. The van der Waals surface area contributed by atoms with Crippen molar-refractivity contribution in [3.05, 3.63) is 169 Å². The Kier molecular flexibility index (Phi) is 6.31. The van der Waals surface area contributed by atoms with Gasteiger partial charge in [-0.2, -0.15) is 0 Å². The number of hydrogen-bond donors (Lipinski definition) is 0. The maximum absolute atomic E-state index is 6.56. The molecule has 0 radical (unpaired) electrons. The molecule has 9 aromatic rings. The van der Waals surface area contributed by atoms with Crippen LogP contribution in [0.5, 0.6) is 0 Å². The summed E-state index contributed by atoms with van der Waals surface area (Å²) in [5, 5.41) is 6.54. The number of benzene rings is 6. The van der Waals surface area contributed by atoms with E-state index in [9.17, 15) is 0 Å². The number of nitrogens with zero attached hydrogens (tertiary/aromatic N) is 3. The molecule has 0 saturated heterocycles. The zero-order chi connectivity index (χ0) is 34.2. The smallest absolute Gasteiger partial charge is 0.164 e. The Hall–Kier alpha value is -6.85. The second kappa shape index (κ2) is 11.3. The lowest BCUT2D eigenvalue weighted by Gasteiger charge is -2.21. The van der Waals surface area contributed by atoms with Crippen LogP contribution in [-0.4, -0.2) is 15.0 Å². The number of furan rings is 2. The fraction of sp³-hybridized carbons (Fsp3) is 0.0426. The number of para-hydroxylation sites is 2. The summed E-state index contributed by atoms with van der Waals surface area (Å²) in [6.45, 7) is 0. The number of hydrogen-bond acceptors (Lipinski definition) is 5. The quantitative estimate of drug-likeness (QED) is 0.187. The second-order valence-electron chi connectivity index (χ2n) is 13.5. The van der Waals surface area contributed by atoms with Gasteiger partial charge in [0, 0.05) is 44.2 Å². The van der Waals surface area contributed by atoms with Gasteiger partial charge < -0.3 is 8.83 Å². The third kappa shape index (κ3) is 4.60. The van der Waals surface area contributed by atoms with E-state index in [0.29, 0.717) is 23.4 Å². The molecule has 6 aromatic carbocycles. The predicted octanol–water partition coefficient (Wildman–Crippen LogP) is 12.3. The molecular formula is C47H29N3O2. The Balaban J connectivity index is 1.18. The van der Waals surface area contributed by atoms with Gasteiger partial charge in [0.1, 0.15) is 22.3 Å². The van der Waals surface area contributed by atoms with Crippen LogP contribution < -0.4 is 0 Å². The minimum atomic E-state index is 0.362. The summed E-state index contributed by atoms with van der Waals surface area (Å²) < 4.78 is 12.9. The van der Waals surface area contributed by atoms with Gasteiger partial charge in [-0.15, -0.1) is 0 Å². The normalized spacial score (nSPS) is 15.5. The summed E-state index contributed by atoms with van der Waals surface area (Å²) in [6, 6.07) is 41.8. The Labute approximate surface area is 298 Å². The monoisotopic (exact) mass is 667 g/mol. The van der Waals surface area contributed by atoms with Gasteiger partial charge in [0.2, 0.25) is 0 Å². The molecule has 3 heterocycles. The topological polar surface area (TPSA) is 65.0 Å². The first-order chi connectivity index (χ1) is 25.7. The minimum absolute atomic E-state index is 0.362. The SMILES string of the molecule is C1=CC2=CC(c3nc(-c4cc(-c5ccc6ccccc6c5)c5c(c4)oc4ccccc45)nc(-c4cccc5oc6ccccc6c45)n3)=CCC2C=C1. The Morgan fingerprint density at radius 1 is 0.519 bits per heavy atom. The Morgan fingerprint density at radius 3 is 2.10 bits per heavy atom. The third-order valence-electron chi connectivity index (χ3n) is 10.4.